The number of H-pyrrole nitrogens is 1. The topological polar surface area (TPSA) is 84.5 Å². The first kappa shape index (κ1) is 19.2. The maximum absolute atomic E-state index is 12.6. The highest BCUT2D eigenvalue weighted by Crippen LogP contribution is 2.28. The van der Waals surface area contributed by atoms with E-state index in [2.05, 4.69) is 40.3 Å². The van der Waals surface area contributed by atoms with Crippen molar-refractivity contribution in [1.82, 2.24) is 25.1 Å². The highest BCUT2D eigenvalue weighted by molar-refractivity contribution is 5.76. The van der Waals surface area contributed by atoms with Crippen molar-refractivity contribution in [3.05, 3.63) is 29.6 Å². The van der Waals surface area contributed by atoms with Gasteiger partial charge in [0.2, 0.25) is 0 Å². The number of aryl methyl sites for hydroxylation is 1. The molecule has 0 bridgehead atoms. The zero-order valence-corrected chi connectivity index (χ0v) is 16.7. The molecule has 0 saturated carbocycles. The van der Waals surface area contributed by atoms with E-state index in [9.17, 15) is 4.79 Å². The number of aromatic amines is 1. The lowest BCUT2D eigenvalue weighted by Crippen LogP contribution is -2.51. The van der Waals surface area contributed by atoms with E-state index in [-0.39, 0.29) is 18.7 Å². The minimum absolute atomic E-state index is 0.0688. The zero-order chi connectivity index (χ0) is 19.5. The molecule has 0 spiro atoms. The SMILES string of the molecule is Cc1ccc2nc(C3CCN(C(=O)NC4CCN(CCO)CC4)CC3)[nH]c2c1. The summed E-state index contributed by atoms with van der Waals surface area (Å²) in [6.45, 7) is 6.46. The van der Waals surface area contributed by atoms with E-state index in [1.54, 1.807) is 0 Å². The monoisotopic (exact) mass is 385 g/mol. The van der Waals surface area contributed by atoms with Crippen LogP contribution in [0.3, 0.4) is 0 Å². The van der Waals surface area contributed by atoms with Crippen LogP contribution < -0.4 is 5.32 Å². The number of carbonyl (C=O) groups excluding carboxylic acids is 1. The Morgan fingerprint density at radius 2 is 1.96 bits per heavy atom. The Bertz CT molecular complexity index is 804. The second-order valence-electron chi connectivity index (χ2n) is 8.19. The fraction of sp³-hybridized carbons (Fsp3) is 0.619. The minimum atomic E-state index is 0.0688. The van der Waals surface area contributed by atoms with Gasteiger partial charge in [-0.3, -0.25) is 0 Å². The number of likely N-dealkylation sites (tertiary alicyclic amines) is 2. The molecule has 2 amide bonds. The zero-order valence-electron chi connectivity index (χ0n) is 16.7. The second-order valence-corrected chi connectivity index (χ2v) is 8.19. The molecule has 2 aliphatic heterocycles. The van der Waals surface area contributed by atoms with Crippen LogP contribution >= 0.6 is 0 Å². The summed E-state index contributed by atoms with van der Waals surface area (Å²) in [6, 6.07) is 6.62. The van der Waals surface area contributed by atoms with Crippen molar-refractivity contribution in [1.29, 1.82) is 0 Å². The number of carbonyl (C=O) groups is 1. The third-order valence-electron chi connectivity index (χ3n) is 6.16. The molecule has 7 heteroatoms. The first-order chi connectivity index (χ1) is 13.6. The highest BCUT2D eigenvalue weighted by Gasteiger charge is 2.28. The third-order valence-corrected chi connectivity index (χ3v) is 6.16. The molecule has 3 heterocycles. The first-order valence-corrected chi connectivity index (χ1v) is 10.5. The Kier molecular flexibility index (Phi) is 5.82. The van der Waals surface area contributed by atoms with Gasteiger partial charge in [-0.1, -0.05) is 6.07 Å². The largest absolute Gasteiger partial charge is 0.395 e. The van der Waals surface area contributed by atoms with Gasteiger partial charge in [0.05, 0.1) is 17.6 Å². The molecule has 3 N–H and O–H groups in total. The Balaban J connectivity index is 1.27. The van der Waals surface area contributed by atoms with Gasteiger partial charge in [0.1, 0.15) is 5.82 Å². The molecule has 2 fully saturated rings. The molecule has 0 unspecified atom stereocenters. The van der Waals surface area contributed by atoms with E-state index in [4.69, 9.17) is 10.1 Å². The summed E-state index contributed by atoms with van der Waals surface area (Å²) in [5.41, 5.74) is 3.35. The number of hydrogen-bond acceptors (Lipinski definition) is 4. The first-order valence-electron chi connectivity index (χ1n) is 10.5. The van der Waals surface area contributed by atoms with Crippen molar-refractivity contribution < 1.29 is 9.90 Å². The van der Waals surface area contributed by atoms with E-state index in [0.29, 0.717) is 5.92 Å². The number of nitrogens with one attached hydrogen (secondary N) is 2. The summed E-state index contributed by atoms with van der Waals surface area (Å²) in [6.07, 6.45) is 3.81. The fourth-order valence-corrected chi connectivity index (χ4v) is 4.40. The molecule has 0 radical (unpaired) electrons. The van der Waals surface area contributed by atoms with Gasteiger partial charge in [-0.25, -0.2) is 9.78 Å². The molecule has 2 aliphatic rings. The molecule has 2 saturated heterocycles. The Labute approximate surface area is 166 Å². The number of aliphatic hydroxyl groups excluding tert-OH is 1. The number of amides is 2. The molecule has 152 valence electrons. The number of urea groups is 1. The molecule has 28 heavy (non-hydrogen) atoms. The Hall–Kier alpha value is -2.12. The number of benzene rings is 1. The number of nitrogens with zero attached hydrogens (tertiary/aromatic N) is 3. The highest BCUT2D eigenvalue weighted by atomic mass is 16.3. The molecule has 4 rings (SSSR count). The normalized spacial score (nSPS) is 20.0. The quantitative estimate of drug-likeness (QED) is 0.753. The van der Waals surface area contributed by atoms with Crippen molar-refractivity contribution in [2.75, 3.05) is 39.3 Å². The average Bonchev–Trinajstić information content (AvgIpc) is 3.13. The van der Waals surface area contributed by atoms with E-state index >= 15 is 0 Å². The van der Waals surface area contributed by atoms with Gasteiger partial charge in [-0.2, -0.15) is 0 Å². The van der Waals surface area contributed by atoms with E-state index in [1.807, 2.05) is 4.90 Å². The summed E-state index contributed by atoms with van der Waals surface area (Å²) >= 11 is 0. The van der Waals surface area contributed by atoms with E-state index in [0.717, 1.165) is 75.3 Å². The molecule has 1 aromatic heterocycles. The number of rotatable bonds is 4. The van der Waals surface area contributed by atoms with E-state index in [1.165, 1.54) is 5.56 Å². The summed E-state index contributed by atoms with van der Waals surface area (Å²) < 4.78 is 0. The number of β-amino-alcohol motifs (C(OH)–C–C–N with tert-alkyl or cyclic N) is 1. The van der Waals surface area contributed by atoms with Crippen LogP contribution in [-0.2, 0) is 0 Å². The van der Waals surface area contributed by atoms with Gasteiger partial charge in [0.15, 0.2) is 0 Å². The Morgan fingerprint density at radius 1 is 1.21 bits per heavy atom. The number of aromatic nitrogens is 2. The molecule has 2 aromatic rings. The maximum Gasteiger partial charge on any atom is 0.317 e. The predicted octanol–water partition coefficient (Wildman–Crippen LogP) is 2.22. The lowest BCUT2D eigenvalue weighted by Gasteiger charge is -2.35. The van der Waals surface area contributed by atoms with Crippen LogP contribution in [0.2, 0.25) is 0 Å². The van der Waals surface area contributed by atoms with Crippen molar-refractivity contribution in [3.63, 3.8) is 0 Å². The fourth-order valence-electron chi connectivity index (χ4n) is 4.40. The van der Waals surface area contributed by atoms with Crippen molar-refractivity contribution in [2.24, 2.45) is 0 Å². The van der Waals surface area contributed by atoms with Gasteiger partial charge < -0.3 is 25.2 Å². The number of piperidine rings is 2. The van der Waals surface area contributed by atoms with Crippen molar-refractivity contribution in [3.8, 4) is 0 Å². The number of hydrogen-bond donors (Lipinski definition) is 3. The van der Waals surface area contributed by atoms with Gasteiger partial charge in [-0.15, -0.1) is 0 Å². The van der Waals surface area contributed by atoms with Crippen molar-refractivity contribution >= 4 is 17.1 Å². The van der Waals surface area contributed by atoms with Crippen LogP contribution in [0.4, 0.5) is 4.79 Å². The van der Waals surface area contributed by atoms with Crippen LogP contribution in [0, 0.1) is 6.92 Å². The molecular weight excluding hydrogens is 354 g/mol. The molecular formula is C21H31N5O2. The molecule has 0 aliphatic carbocycles. The molecule has 1 aromatic carbocycles. The summed E-state index contributed by atoms with van der Waals surface area (Å²) in [4.78, 5) is 25.1. The maximum atomic E-state index is 12.6. The molecule has 7 nitrogen and oxygen atoms in total. The van der Waals surface area contributed by atoms with Gasteiger partial charge in [0, 0.05) is 44.7 Å². The van der Waals surface area contributed by atoms with Gasteiger partial charge in [-0.05, 0) is 50.3 Å². The van der Waals surface area contributed by atoms with Crippen LogP contribution in [0.1, 0.15) is 43.0 Å². The summed E-state index contributed by atoms with van der Waals surface area (Å²) in [5.74, 6) is 1.44. The number of imidazole rings is 1. The smallest absolute Gasteiger partial charge is 0.317 e. The lowest BCUT2D eigenvalue weighted by atomic mass is 9.96. The molecule has 0 atom stereocenters. The summed E-state index contributed by atoms with van der Waals surface area (Å²) in [5, 5.41) is 12.2. The second kappa shape index (κ2) is 8.49. The van der Waals surface area contributed by atoms with Gasteiger partial charge in [0.25, 0.3) is 0 Å². The third kappa shape index (κ3) is 4.31. The summed E-state index contributed by atoms with van der Waals surface area (Å²) in [7, 11) is 0. The van der Waals surface area contributed by atoms with Crippen molar-refractivity contribution in [2.45, 2.75) is 44.6 Å². The van der Waals surface area contributed by atoms with Crippen LogP contribution in [0.25, 0.3) is 11.0 Å². The van der Waals surface area contributed by atoms with Crippen LogP contribution in [-0.4, -0.2) is 76.3 Å². The van der Waals surface area contributed by atoms with Crippen LogP contribution in [0.15, 0.2) is 18.2 Å². The predicted molar refractivity (Wildman–Crippen MR) is 109 cm³/mol. The standard InChI is InChI=1S/C21H31N5O2/c1-15-2-3-18-19(14-15)24-20(23-18)16-4-10-26(11-5-16)21(28)22-17-6-8-25(9-7-17)12-13-27/h2-3,14,16-17,27H,4-13H2,1H3,(H,22,28)(H,23,24). The van der Waals surface area contributed by atoms with E-state index < -0.39 is 0 Å². The van der Waals surface area contributed by atoms with Gasteiger partial charge >= 0.3 is 6.03 Å². The van der Waals surface area contributed by atoms with Crippen LogP contribution in [0.5, 0.6) is 0 Å². The number of aliphatic hydroxyl groups is 1. The average molecular weight is 386 g/mol. The number of fused-ring (bicyclic) bond motifs is 1. The Morgan fingerprint density at radius 3 is 2.68 bits per heavy atom. The lowest BCUT2D eigenvalue weighted by molar-refractivity contribution is 0.146. The minimum Gasteiger partial charge on any atom is -0.395 e.